The molecule has 0 spiro atoms. The van der Waals surface area contributed by atoms with E-state index in [2.05, 4.69) is 9.72 Å². The van der Waals surface area contributed by atoms with Crippen LogP contribution in [0.4, 0.5) is 13.2 Å². The molecule has 0 fully saturated rings. The molecule has 0 bridgehead atoms. The van der Waals surface area contributed by atoms with E-state index in [1.807, 2.05) is 0 Å². The lowest BCUT2D eigenvalue weighted by Gasteiger charge is -2.14. The summed E-state index contributed by atoms with van der Waals surface area (Å²) in [6, 6.07) is 0.541. The third-order valence-electron chi connectivity index (χ3n) is 2.24. The molecule has 3 nitrogen and oxygen atoms in total. The van der Waals surface area contributed by atoms with E-state index < -0.39 is 23.7 Å². The SMILES string of the molecule is CC[C@H](N)c1cnc(OC)c(C(F)(F)F)c1.Cl. The summed E-state index contributed by atoms with van der Waals surface area (Å²) in [5, 5.41) is 0. The number of alkyl halides is 3. The third-order valence-corrected chi connectivity index (χ3v) is 2.24. The van der Waals surface area contributed by atoms with E-state index in [4.69, 9.17) is 5.73 Å². The molecule has 0 unspecified atom stereocenters. The largest absolute Gasteiger partial charge is 0.481 e. The summed E-state index contributed by atoms with van der Waals surface area (Å²) in [7, 11) is 1.15. The van der Waals surface area contributed by atoms with Gasteiger partial charge in [-0.3, -0.25) is 0 Å². The minimum absolute atomic E-state index is 0. The molecule has 0 aliphatic heterocycles. The van der Waals surface area contributed by atoms with Crippen molar-refractivity contribution in [3.05, 3.63) is 23.4 Å². The zero-order valence-corrected chi connectivity index (χ0v) is 10.2. The first-order valence-electron chi connectivity index (χ1n) is 4.76. The molecule has 1 aromatic rings. The first-order chi connectivity index (χ1) is 7.40. The molecule has 0 aliphatic carbocycles. The van der Waals surface area contributed by atoms with Crippen LogP contribution in [0.1, 0.15) is 30.5 Å². The summed E-state index contributed by atoms with van der Waals surface area (Å²) in [4.78, 5) is 3.61. The predicted molar refractivity (Wildman–Crippen MR) is 60.3 cm³/mol. The molecule has 1 atom stereocenters. The Morgan fingerprint density at radius 3 is 2.47 bits per heavy atom. The number of ether oxygens (including phenoxy) is 1. The van der Waals surface area contributed by atoms with Gasteiger partial charge < -0.3 is 10.5 Å². The van der Waals surface area contributed by atoms with Crippen LogP contribution in [0.15, 0.2) is 12.3 Å². The lowest BCUT2D eigenvalue weighted by Crippen LogP contribution is -2.14. The van der Waals surface area contributed by atoms with Gasteiger partial charge in [-0.15, -0.1) is 12.4 Å². The quantitative estimate of drug-likeness (QED) is 0.919. The van der Waals surface area contributed by atoms with Gasteiger partial charge in [0.15, 0.2) is 0 Å². The Balaban J connectivity index is 0.00000256. The van der Waals surface area contributed by atoms with Crippen molar-refractivity contribution < 1.29 is 17.9 Å². The molecule has 98 valence electrons. The maximum absolute atomic E-state index is 12.6. The summed E-state index contributed by atoms with van der Waals surface area (Å²) in [6.07, 6.45) is -2.63. The number of hydrogen-bond acceptors (Lipinski definition) is 3. The number of hydrogen-bond donors (Lipinski definition) is 1. The van der Waals surface area contributed by atoms with Gasteiger partial charge in [-0.05, 0) is 18.1 Å². The van der Waals surface area contributed by atoms with Crippen LogP contribution in [0, 0.1) is 0 Å². The van der Waals surface area contributed by atoms with E-state index in [0.717, 1.165) is 13.2 Å². The van der Waals surface area contributed by atoms with Crippen LogP contribution < -0.4 is 10.5 Å². The van der Waals surface area contributed by atoms with Crippen molar-refractivity contribution in [2.45, 2.75) is 25.6 Å². The summed E-state index contributed by atoms with van der Waals surface area (Å²) in [5.74, 6) is -0.431. The molecular formula is C10H14ClF3N2O. The molecule has 2 N–H and O–H groups in total. The molecule has 7 heteroatoms. The van der Waals surface area contributed by atoms with E-state index in [-0.39, 0.29) is 12.4 Å². The summed E-state index contributed by atoms with van der Waals surface area (Å²) in [5.41, 5.74) is 5.11. The van der Waals surface area contributed by atoms with Gasteiger partial charge >= 0.3 is 6.18 Å². The van der Waals surface area contributed by atoms with E-state index in [1.54, 1.807) is 6.92 Å². The number of halogens is 4. The highest BCUT2D eigenvalue weighted by Crippen LogP contribution is 2.36. The molecular weight excluding hydrogens is 257 g/mol. The average Bonchev–Trinajstić information content (AvgIpc) is 2.26. The lowest BCUT2D eigenvalue weighted by molar-refractivity contribution is -0.139. The lowest BCUT2D eigenvalue weighted by atomic mass is 10.1. The van der Waals surface area contributed by atoms with Crippen molar-refractivity contribution >= 4 is 12.4 Å². The van der Waals surface area contributed by atoms with Gasteiger partial charge in [-0.2, -0.15) is 13.2 Å². The number of aromatic nitrogens is 1. The summed E-state index contributed by atoms with van der Waals surface area (Å²) in [6.45, 7) is 1.79. The number of nitrogens with zero attached hydrogens (tertiary/aromatic N) is 1. The Kier molecular flexibility index (Phi) is 5.71. The highest BCUT2D eigenvalue weighted by molar-refractivity contribution is 5.85. The Labute approximate surface area is 104 Å². The normalized spacial score (nSPS) is 12.8. The van der Waals surface area contributed by atoms with Crippen LogP contribution in [0.5, 0.6) is 5.88 Å². The highest BCUT2D eigenvalue weighted by Gasteiger charge is 2.35. The standard InChI is InChI=1S/C10H13F3N2O.ClH/c1-3-8(14)6-4-7(10(11,12)13)9(16-2)15-5-6;/h4-5,8H,3,14H2,1-2H3;1H/t8-;/m0./s1. The zero-order valence-electron chi connectivity index (χ0n) is 9.41. The Morgan fingerprint density at radius 1 is 1.47 bits per heavy atom. The van der Waals surface area contributed by atoms with Gasteiger partial charge in [-0.1, -0.05) is 6.92 Å². The van der Waals surface area contributed by atoms with Crippen molar-refractivity contribution in [1.82, 2.24) is 4.98 Å². The Hall–Kier alpha value is -1.01. The van der Waals surface area contributed by atoms with Gasteiger partial charge in [0.1, 0.15) is 5.56 Å². The minimum Gasteiger partial charge on any atom is -0.481 e. The fraction of sp³-hybridized carbons (Fsp3) is 0.500. The number of nitrogens with two attached hydrogens (primary N) is 1. The van der Waals surface area contributed by atoms with E-state index in [9.17, 15) is 13.2 Å². The first-order valence-corrected chi connectivity index (χ1v) is 4.76. The van der Waals surface area contributed by atoms with E-state index in [1.165, 1.54) is 6.20 Å². The van der Waals surface area contributed by atoms with Gasteiger partial charge in [0.2, 0.25) is 5.88 Å². The zero-order chi connectivity index (χ0) is 12.3. The second-order valence-corrected chi connectivity index (χ2v) is 3.34. The molecule has 1 heterocycles. The minimum atomic E-state index is -4.48. The maximum atomic E-state index is 12.6. The summed E-state index contributed by atoms with van der Waals surface area (Å²) < 4.78 is 42.4. The molecule has 1 rings (SSSR count). The second-order valence-electron chi connectivity index (χ2n) is 3.34. The molecule has 0 amide bonds. The summed E-state index contributed by atoms with van der Waals surface area (Å²) >= 11 is 0. The predicted octanol–water partition coefficient (Wildman–Crippen LogP) is 2.94. The van der Waals surface area contributed by atoms with Crippen LogP contribution in [-0.4, -0.2) is 12.1 Å². The highest BCUT2D eigenvalue weighted by atomic mass is 35.5. The van der Waals surface area contributed by atoms with Crippen molar-refractivity contribution in [2.75, 3.05) is 7.11 Å². The fourth-order valence-corrected chi connectivity index (χ4v) is 1.27. The Morgan fingerprint density at radius 2 is 2.06 bits per heavy atom. The van der Waals surface area contributed by atoms with Gasteiger partial charge in [0.05, 0.1) is 7.11 Å². The van der Waals surface area contributed by atoms with Crippen LogP contribution in [0.2, 0.25) is 0 Å². The van der Waals surface area contributed by atoms with Gasteiger partial charge in [0.25, 0.3) is 0 Å². The molecule has 1 aromatic heterocycles. The van der Waals surface area contributed by atoms with Crippen LogP contribution in [0.25, 0.3) is 0 Å². The first kappa shape index (κ1) is 16.0. The molecule has 0 saturated heterocycles. The van der Waals surface area contributed by atoms with Crippen molar-refractivity contribution in [3.63, 3.8) is 0 Å². The maximum Gasteiger partial charge on any atom is 0.421 e. The topological polar surface area (TPSA) is 48.1 Å². The molecule has 0 saturated carbocycles. The van der Waals surface area contributed by atoms with Crippen molar-refractivity contribution in [3.8, 4) is 5.88 Å². The molecule has 0 radical (unpaired) electrons. The number of methoxy groups -OCH3 is 1. The fourth-order valence-electron chi connectivity index (χ4n) is 1.27. The van der Waals surface area contributed by atoms with Crippen LogP contribution in [0.3, 0.4) is 0 Å². The molecule has 17 heavy (non-hydrogen) atoms. The number of rotatable bonds is 3. The van der Waals surface area contributed by atoms with E-state index >= 15 is 0 Å². The van der Waals surface area contributed by atoms with Crippen molar-refractivity contribution in [1.29, 1.82) is 0 Å². The van der Waals surface area contributed by atoms with Crippen molar-refractivity contribution in [2.24, 2.45) is 5.73 Å². The Bertz CT molecular complexity index is 371. The van der Waals surface area contributed by atoms with Crippen LogP contribution >= 0.6 is 12.4 Å². The van der Waals surface area contributed by atoms with E-state index in [0.29, 0.717) is 12.0 Å². The van der Waals surface area contributed by atoms with Gasteiger partial charge in [0, 0.05) is 12.2 Å². The molecule has 0 aromatic carbocycles. The van der Waals surface area contributed by atoms with Gasteiger partial charge in [-0.25, -0.2) is 4.98 Å². The average molecular weight is 271 g/mol. The molecule has 0 aliphatic rings. The third kappa shape index (κ3) is 3.74. The van der Waals surface area contributed by atoms with Crippen LogP contribution in [-0.2, 0) is 6.18 Å². The number of pyridine rings is 1. The smallest absolute Gasteiger partial charge is 0.421 e. The second kappa shape index (κ2) is 6.07. The monoisotopic (exact) mass is 270 g/mol.